The Labute approximate surface area is 118 Å². The smallest absolute Gasteiger partial charge is 0.137 e. The van der Waals surface area contributed by atoms with E-state index in [1.165, 1.54) is 0 Å². The standard InChI is InChI=1S/C15H17ClN2O/c1-9(17)12-5-6-14(18-10(12)2)11-4-7-15(19-3)13(16)8-11/h4-9H,17H2,1-3H3. The number of hydrogen-bond acceptors (Lipinski definition) is 3. The van der Waals surface area contributed by atoms with Crippen molar-refractivity contribution in [1.82, 2.24) is 4.98 Å². The molecule has 0 radical (unpaired) electrons. The number of ether oxygens (including phenoxy) is 1. The van der Waals surface area contributed by atoms with Crippen LogP contribution in [0.15, 0.2) is 30.3 Å². The molecule has 0 fully saturated rings. The molecule has 0 saturated heterocycles. The second-order valence-corrected chi connectivity index (χ2v) is 4.92. The first-order valence-corrected chi connectivity index (χ1v) is 6.47. The molecule has 0 aliphatic carbocycles. The second kappa shape index (κ2) is 5.59. The van der Waals surface area contributed by atoms with E-state index in [0.717, 1.165) is 22.5 Å². The van der Waals surface area contributed by atoms with Crippen molar-refractivity contribution >= 4 is 11.6 Å². The Bertz CT molecular complexity index is 597. The van der Waals surface area contributed by atoms with Crippen LogP contribution in [0.4, 0.5) is 0 Å². The largest absolute Gasteiger partial charge is 0.495 e. The third-order valence-electron chi connectivity index (χ3n) is 3.06. The van der Waals surface area contributed by atoms with E-state index < -0.39 is 0 Å². The van der Waals surface area contributed by atoms with Gasteiger partial charge in [-0.3, -0.25) is 4.98 Å². The lowest BCUT2D eigenvalue weighted by atomic mass is 10.0. The maximum absolute atomic E-state index is 6.13. The van der Waals surface area contributed by atoms with Gasteiger partial charge in [-0.1, -0.05) is 17.7 Å². The molecule has 2 N–H and O–H groups in total. The number of halogens is 1. The quantitative estimate of drug-likeness (QED) is 0.929. The van der Waals surface area contributed by atoms with Gasteiger partial charge < -0.3 is 10.5 Å². The van der Waals surface area contributed by atoms with Crippen LogP contribution in [0.2, 0.25) is 5.02 Å². The van der Waals surface area contributed by atoms with Crippen molar-refractivity contribution in [2.24, 2.45) is 5.73 Å². The first kappa shape index (κ1) is 13.8. The highest BCUT2D eigenvalue weighted by molar-refractivity contribution is 6.32. The summed E-state index contributed by atoms with van der Waals surface area (Å²) in [6.45, 7) is 3.92. The van der Waals surface area contributed by atoms with Gasteiger partial charge in [-0.2, -0.15) is 0 Å². The van der Waals surface area contributed by atoms with Crippen molar-refractivity contribution < 1.29 is 4.74 Å². The molecule has 4 heteroatoms. The van der Waals surface area contributed by atoms with Crippen LogP contribution < -0.4 is 10.5 Å². The average molecular weight is 277 g/mol. The SMILES string of the molecule is COc1ccc(-c2ccc(C(C)N)c(C)n2)cc1Cl. The van der Waals surface area contributed by atoms with Gasteiger partial charge >= 0.3 is 0 Å². The predicted octanol–water partition coefficient (Wildman–Crippen LogP) is 3.74. The molecule has 3 nitrogen and oxygen atoms in total. The van der Waals surface area contributed by atoms with Gasteiger partial charge in [0, 0.05) is 17.3 Å². The minimum absolute atomic E-state index is 0.0130. The first-order valence-electron chi connectivity index (χ1n) is 6.10. The van der Waals surface area contributed by atoms with Gasteiger partial charge in [0.1, 0.15) is 5.75 Å². The Hall–Kier alpha value is -1.58. The Balaban J connectivity index is 2.42. The van der Waals surface area contributed by atoms with Gasteiger partial charge in [0.25, 0.3) is 0 Å². The molecule has 1 unspecified atom stereocenters. The molecule has 0 aliphatic rings. The van der Waals surface area contributed by atoms with Gasteiger partial charge in [-0.15, -0.1) is 0 Å². The molecule has 1 aromatic carbocycles. The van der Waals surface area contributed by atoms with E-state index in [4.69, 9.17) is 22.1 Å². The number of aromatic nitrogens is 1. The van der Waals surface area contributed by atoms with E-state index in [2.05, 4.69) is 4.98 Å². The lowest BCUT2D eigenvalue weighted by molar-refractivity contribution is 0.415. The Morgan fingerprint density at radius 2 is 2.00 bits per heavy atom. The highest BCUT2D eigenvalue weighted by Gasteiger charge is 2.09. The molecule has 1 atom stereocenters. The summed E-state index contributed by atoms with van der Waals surface area (Å²) in [6, 6.07) is 9.60. The third-order valence-corrected chi connectivity index (χ3v) is 3.36. The summed E-state index contributed by atoms with van der Waals surface area (Å²) < 4.78 is 5.14. The van der Waals surface area contributed by atoms with Crippen molar-refractivity contribution in [2.45, 2.75) is 19.9 Å². The average Bonchev–Trinajstić information content (AvgIpc) is 2.38. The fraction of sp³-hybridized carbons (Fsp3) is 0.267. The number of hydrogen-bond donors (Lipinski definition) is 1. The number of aryl methyl sites for hydroxylation is 1. The molecule has 2 aromatic rings. The van der Waals surface area contributed by atoms with E-state index in [1.54, 1.807) is 7.11 Å². The van der Waals surface area contributed by atoms with Crippen molar-refractivity contribution in [1.29, 1.82) is 0 Å². The monoisotopic (exact) mass is 276 g/mol. The highest BCUT2D eigenvalue weighted by atomic mass is 35.5. The summed E-state index contributed by atoms with van der Waals surface area (Å²) in [7, 11) is 1.60. The van der Waals surface area contributed by atoms with Crippen LogP contribution in [0.25, 0.3) is 11.3 Å². The number of nitrogens with two attached hydrogens (primary N) is 1. The zero-order valence-corrected chi connectivity index (χ0v) is 12.0. The van der Waals surface area contributed by atoms with E-state index in [0.29, 0.717) is 10.8 Å². The lowest BCUT2D eigenvalue weighted by Gasteiger charge is -2.11. The van der Waals surface area contributed by atoms with Crippen molar-refractivity contribution in [3.8, 4) is 17.0 Å². The highest BCUT2D eigenvalue weighted by Crippen LogP contribution is 2.30. The summed E-state index contributed by atoms with van der Waals surface area (Å²) >= 11 is 6.13. The van der Waals surface area contributed by atoms with E-state index in [-0.39, 0.29) is 6.04 Å². The Morgan fingerprint density at radius 1 is 1.26 bits per heavy atom. The molecular formula is C15H17ClN2O. The predicted molar refractivity (Wildman–Crippen MR) is 78.6 cm³/mol. The molecule has 0 spiro atoms. The minimum atomic E-state index is -0.0130. The minimum Gasteiger partial charge on any atom is -0.495 e. The van der Waals surface area contributed by atoms with Gasteiger partial charge in [-0.25, -0.2) is 0 Å². The number of benzene rings is 1. The summed E-state index contributed by atoms with van der Waals surface area (Å²) in [5, 5.41) is 0.579. The van der Waals surface area contributed by atoms with Crippen LogP contribution in [-0.4, -0.2) is 12.1 Å². The van der Waals surface area contributed by atoms with Crippen LogP contribution in [0.3, 0.4) is 0 Å². The summed E-state index contributed by atoms with van der Waals surface area (Å²) in [4.78, 5) is 4.58. The molecule has 0 amide bonds. The van der Waals surface area contributed by atoms with E-state index in [9.17, 15) is 0 Å². The van der Waals surface area contributed by atoms with Crippen LogP contribution in [0.5, 0.6) is 5.75 Å². The maximum Gasteiger partial charge on any atom is 0.137 e. The molecule has 0 aliphatic heterocycles. The van der Waals surface area contributed by atoms with Crippen LogP contribution in [0, 0.1) is 6.92 Å². The fourth-order valence-electron chi connectivity index (χ4n) is 2.04. The zero-order chi connectivity index (χ0) is 14.0. The Kier molecular flexibility index (Phi) is 4.08. The molecular weight excluding hydrogens is 260 g/mol. The molecule has 2 rings (SSSR count). The number of methoxy groups -OCH3 is 1. The number of pyridine rings is 1. The van der Waals surface area contributed by atoms with Crippen LogP contribution in [0.1, 0.15) is 24.2 Å². The van der Waals surface area contributed by atoms with E-state index in [1.807, 2.05) is 44.2 Å². The number of nitrogens with zero attached hydrogens (tertiary/aromatic N) is 1. The van der Waals surface area contributed by atoms with Crippen molar-refractivity contribution in [3.63, 3.8) is 0 Å². The van der Waals surface area contributed by atoms with Gasteiger partial charge in [0.2, 0.25) is 0 Å². The topological polar surface area (TPSA) is 48.1 Å². The van der Waals surface area contributed by atoms with Crippen molar-refractivity contribution in [2.75, 3.05) is 7.11 Å². The summed E-state index contributed by atoms with van der Waals surface area (Å²) in [5.74, 6) is 0.661. The zero-order valence-electron chi connectivity index (χ0n) is 11.3. The lowest BCUT2D eigenvalue weighted by Crippen LogP contribution is -2.08. The molecule has 0 saturated carbocycles. The first-order chi connectivity index (χ1) is 9.02. The number of rotatable bonds is 3. The van der Waals surface area contributed by atoms with Gasteiger partial charge in [0.05, 0.1) is 17.8 Å². The second-order valence-electron chi connectivity index (χ2n) is 4.51. The molecule has 0 bridgehead atoms. The van der Waals surface area contributed by atoms with E-state index >= 15 is 0 Å². The molecule has 1 heterocycles. The van der Waals surface area contributed by atoms with Crippen molar-refractivity contribution in [3.05, 3.63) is 46.6 Å². The van der Waals surface area contributed by atoms with Crippen LogP contribution >= 0.6 is 11.6 Å². The van der Waals surface area contributed by atoms with Crippen LogP contribution in [-0.2, 0) is 0 Å². The third kappa shape index (κ3) is 2.88. The normalized spacial score (nSPS) is 12.3. The molecule has 19 heavy (non-hydrogen) atoms. The fourth-order valence-corrected chi connectivity index (χ4v) is 2.30. The summed E-state index contributed by atoms with van der Waals surface area (Å²) in [6.07, 6.45) is 0. The van der Waals surface area contributed by atoms with Gasteiger partial charge in [0.15, 0.2) is 0 Å². The molecule has 100 valence electrons. The molecule has 1 aromatic heterocycles. The van der Waals surface area contributed by atoms with Gasteiger partial charge in [-0.05, 0) is 43.7 Å². The Morgan fingerprint density at radius 3 is 2.53 bits per heavy atom. The maximum atomic E-state index is 6.13. The summed E-state index contributed by atoms with van der Waals surface area (Å²) in [5.41, 5.74) is 9.73.